The summed E-state index contributed by atoms with van der Waals surface area (Å²) < 4.78 is 53.4. The van der Waals surface area contributed by atoms with Gasteiger partial charge in [0.2, 0.25) is 0 Å². The van der Waals surface area contributed by atoms with Crippen molar-refractivity contribution in [2.24, 2.45) is 0 Å². The number of rotatable bonds is 12. The van der Waals surface area contributed by atoms with Crippen molar-refractivity contribution >= 4 is 0 Å². The SMILES string of the molecule is CCOc1cc2nc(c1)C#CC1(OC)C=CC(OC)(C#Cc3cc(OCC)cc(n3)C#CC3(OC)C=CC(OC)(C#Cc4cc(OCC)cc(n4)C#CC4(OC)C=CC(OC)(C#C2)C=C4)C=C3)C=C1. The molecular formula is C57H51N3O9. The maximum atomic E-state index is 5.95. The number of ether oxygens (including phenoxy) is 9. The normalized spacial score (nSPS) is 26.6. The van der Waals surface area contributed by atoms with Crippen LogP contribution in [0.4, 0.5) is 0 Å². The van der Waals surface area contributed by atoms with Crippen LogP contribution in [-0.4, -0.2) is 111 Å². The van der Waals surface area contributed by atoms with E-state index in [-0.39, 0.29) is 0 Å². The van der Waals surface area contributed by atoms with Crippen LogP contribution in [0.1, 0.15) is 54.9 Å². The van der Waals surface area contributed by atoms with E-state index in [0.29, 0.717) is 71.2 Å². The zero-order valence-corrected chi connectivity index (χ0v) is 40.0. The van der Waals surface area contributed by atoms with E-state index in [2.05, 4.69) is 71.0 Å². The van der Waals surface area contributed by atoms with Gasteiger partial charge in [0.05, 0.1) is 19.8 Å². The van der Waals surface area contributed by atoms with E-state index in [0.717, 1.165) is 0 Å². The second-order valence-corrected chi connectivity index (χ2v) is 15.5. The van der Waals surface area contributed by atoms with Crippen LogP contribution in [0.15, 0.2) is 109 Å². The average molecular weight is 922 g/mol. The molecule has 0 fully saturated rings. The summed E-state index contributed by atoms with van der Waals surface area (Å²) in [7, 11) is 9.41. The van der Waals surface area contributed by atoms with Crippen LogP contribution in [0.3, 0.4) is 0 Å². The van der Waals surface area contributed by atoms with Gasteiger partial charge in [-0.15, -0.1) is 0 Å². The van der Waals surface area contributed by atoms with Crippen molar-refractivity contribution in [3.05, 3.63) is 143 Å². The molecule has 3 aromatic heterocycles. The maximum absolute atomic E-state index is 5.95. The second-order valence-electron chi connectivity index (χ2n) is 15.5. The predicted molar refractivity (Wildman–Crippen MR) is 261 cm³/mol. The van der Waals surface area contributed by atoms with Crippen molar-refractivity contribution in [1.29, 1.82) is 0 Å². The van der Waals surface area contributed by atoms with E-state index < -0.39 is 33.6 Å². The molecule has 0 saturated carbocycles. The fourth-order valence-corrected chi connectivity index (χ4v) is 7.06. The van der Waals surface area contributed by atoms with Crippen molar-refractivity contribution < 1.29 is 42.6 Å². The van der Waals surface area contributed by atoms with Gasteiger partial charge in [-0.2, -0.15) is 0 Å². The minimum Gasteiger partial charge on any atom is -0.494 e. The van der Waals surface area contributed by atoms with Gasteiger partial charge in [-0.05, 0) is 129 Å². The van der Waals surface area contributed by atoms with Crippen molar-refractivity contribution in [2.75, 3.05) is 62.5 Å². The third-order valence-electron chi connectivity index (χ3n) is 11.1. The molecule has 0 aromatic carbocycles. The Kier molecular flexibility index (Phi) is 15.1. The van der Waals surface area contributed by atoms with Crippen molar-refractivity contribution in [1.82, 2.24) is 15.0 Å². The third kappa shape index (κ3) is 11.6. The highest BCUT2D eigenvalue weighted by atomic mass is 16.5. The molecule has 4 aliphatic heterocycles. The van der Waals surface area contributed by atoms with E-state index in [1.807, 2.05) is 20.8 Å². The van der Waals surface area contributed by atoms with Crippen LogP contribution in [0, 0.1) is 71.0 Å². The van der Waals surface area contributed by atoms with Crippen molar-refractivity contribution in [3.63, 3.8) is 0 Å². The molecule has 10 rings (SSSR count). The molecule has 348 valence electrons. The Bertz CT molecular complexity index is 2500. The molecule has 12 nitrogen and oxygen atoms in total. The number of hydrogen-bond acceptors (Lipinski definition) is 12. The van der Waals surface area contributed by atoms with Gasteiger partial charge in [0.25, 0.3) is 0 Å². The molecule has 0 spiro atoms. The van der Waals surface area contributed by atoms with Crippen molar-refractivity contribution in [2.45, 2.75) is 54.4 Å². The van der Waals surface area contributed by atoms with Gasteiger partial charge >= 0.3 is 0 Å². The Labute approximate surface area is 404 Å². The van der Waals surface area contributed by atoms with Gasteiger partial charge in [0, 0.05) is 79.1 Å². The summed E-state index contributed by atoms with van der Waals surface area (Å²) in [6, 6.07) is 10.5. The highest BCUT2D eigenvalue weighted by molar-refractivity contribution is 5.54. The zero-order chi connectivity index (χ0) is 49.0. The first-order valence-corrected chi connectivity index (χ1v) is 22.0. The maximum Gasteiger partial charge on any atom is 0.166 e. The summed E-state index contributed by atoms with van der Waals surface area (Å²) in [5, 5.41) is 0. The fraction of sp³-hybridized carbons (Fsp3) is 0.316. The van der Waals surface area contributed by atoms with E-state index >= 15 is 0 Å². The smallest absolute Gasteiger partial charge is 0.166 e. The Morgan fingerprint density at radius 2 is 0.464 bits per heavy atom. The molecule has 0 N–H and O–H groups in total. The number of nitrogens with zero attached hydrogens (tertiary/aromatic N) is 3. The lowest BCUT2D eigenvalue weighted by Crippen LogP contribution is -2.34. The summed E-state index contributed by atoms with van der Waals surface area (Å²) in [5.74, 6) is 39.9. The number of aromatic nitrogens is 3. The van der Waals surface area contributed by atoms with Crippen LogP contribution in [0.2, 0.25) is 0 Å². The van der Waals surface area contributed by atoms with Crippen LogP contribution >= 0.6 is 0 Å². The molecule has 0 atom stereocenters. The average Bonchev–Trinajstić information content (AvgIpc) is 3.38. The molecule has 0 saturated heterocycles. The van der Waals surface area contributed by atoms with Gasteiger partial charge in [-0.3, -0.25) is 0 Å². The van der Waals surface area contributed by atoms with Crippen LogP contribution in [0.5, 0.6) is 17.2 Å². The molecule has 12 bridgehead atoms. The Hall–Kier alpha value is -7.59. The van der Waals surface area contributed by atoms with Gasteiger partial charge in [-0.25, -0.2) is 15.0 Å². The molecule has 12 heteroatoms. The molecule has 7 heterocycles. The minimum absolute atomic E-state index is 0.410. The lowest BCUT2D eigenvalue weighted by Gasteiger charge is -2.29. The Balaban J connectivity index is 1.37. The standard InChI is InChI=1S/C57H51N3O9/c1-10-67-49-37-43-13-19-52(61-4)25-29-54(63-6,30-26-52)21-15-45-39-50(68-11-2)41-47(59-45)17-23-56(65-8)33-35-57(66-9,36-34-56)24-18-48-42-51(69-12-3)40-46(60-48)16-22-55(64-7)31-27-53(62-5,28-32-55)20-14-44(38-49)58-43/h25-42H,10-12H2,1-9H3. The van der Waals surface area contributed by atoms with Crippen LogP contribution < -0.4 is 14.2 Å². The molecule has 7 aliphatic rings. The summed E-state index contributed by atoms with van der Waals surface area (Å²) >= 11 is 0. The minimum atomic E-state index is -1.14. The largest absolute Gasteiger partial charge is 0.494 e. The molecule has 3 aromatic rings. The molecular weight excluding hydrogens is 871 g/mol. The van der Waals surface area contributed by atoms with Gasteiger partial charge in [0.1, 0.15) is 51.4 Å². The number of methoxy groups -OCH3 is 6. The summed E-state index contributed by atoms with van der Waals surface area (Å²) in [5.41, 5.74) is -4.37. The number of pyridine rings is 3. The first kappa shape index (κ1) is 49.3. The molecule has 0 unspecified atom stereocenters. The zero-order valence-electron chi connectivity index (χ0n) is 40.0. The lowest BCUT2D eigenvalue weighted by molar-refractivity contribution is 0.0954. The lowest BCUT2D eigenvalue weighted by atomic mass is 9.89. The molecule has 3 aliphatic carbocycles. The van der Waals surface area contributed by atoms with Crippen LogP contribution in [0.25, 0.3) is 0 Å². The summed E-state index contributed by atoms with van der Waals surface area (Å²) in [6.45, 7) is 6.95. The van der Waals surface area contributed by atoms with Crippen molar-refractivity contribution in [3.8, 4) is 88.3 Å². The fourth-order valence-electron chi connectivity index (χ4n) is 7.06. The third-order valence-corrected chi connectivity index (χ3v) is 11.1. The van der Waals surface area contributed by atoms with Crippen LogP contribution in [-0.2, 0) is 28.4 Å². The molecule has 0 amide bonds. The van der Waals surface area contributed by atoms with E-state index in [4.69, 9.17) is 57.6 Å². The van der Waals surface area contributed by atoms with E-state index in [1.54, 1.807) is 152 Å². The molecule has 0 radical (unpaired) electrons. The molecule has 69 heavy (non-hydrogen) atoms. The topological polar surface area (TPSA) is 122 Å². The number of hydrogen-bond donors (Lipinski definition) is 0. The van der Waals surface area contributed by atoms with Gasteiger partial charge < -0.3 is 42.6 Å². The first-order chi connectivity index (χ1) is 33.4. The summed E-state index contributed by atoms with van der Waals surface area (Å²) in [4.78, 5) is 14.3. The monoisotopic (exact) mass is 921 g/mol. The van der Waals surface area contributed by atoms with Gasteiger partial charge in [-0.1, -0.05) is 35.5 Å². The van der Waals surface area contributed by atoms with Gasteiger partial charge in [0.15, 0.2) is 33.6 Å². The van der Waals surface area contributed by atoms with E-state index in [9.17, 15) is 0 Å². The highest BCUT2D eigenvalue weighted by Crippen LogP contribution is 2.30. The summed E-state index contributed by atoms with van der Waals surface area (Å²) in [6.07, 6.45) is 21.5. The quantitative estimate of drug-likeness (QED) is 0.150. The first-order valence-electron chi connectivity index (χ1n) is 22.0. The highest BCUT2D eigenvalue weighted by Gasteiger charge is 2.34. The predicted octanol–water partition coefficient (Wildman–Crippen LogP) is 6.28. The Morgan fingerprint density at radius 1 is 0.304 bits per heavy atom. The van der Waals surface area contributed by atoms with E-state index in [1.165, 1.54) is 0 Å². The second kappa shape index (κ2) is 21.1. The Morgan fingerprint density at radius 3 is 0.594 bits per heavy atom.